The van der Waals surface area contributed by atoms with Crippen LogP contribution in [0.3, 0.4) is 0 Å². The average molecular weight is 176 g/mol. The first-order chi connectivity index (χ1) is 6.40. The van der Waals surface area contributed by atoms with Crippen molar-refractivity contribution in [2.45, 2.75) is 13.3 Å². The van der Waals surface area contributed by atoms with Gasteiger partial charge in [0.25, 0.3) is 0 Å². The highest BCUT2D eigenvalue weighted by atomic mass is 16.5. The van der Waals surface area contributed by atoms with E-state index in [9.17, 15) is 0 Å². The fourth-order valence-electron chi connectivity index (χ4n) is 1.19. The number of aromatic nitrogens is 2. The number of fused-ring (bicyclic) bond motifs is 1. The Hall–Kier alpha value is -1.51. The molecule has 13 heavy (non-hydrogen) atoms. The van der Waals surface area contributed by atoms with Crippen LogP contribution in [0.2, 0.25) is 0 Å². The summed E-state index contributed by atoms with van der Waals surface area (Å²) in [4.78, 5) is 4.29. The molecule has 0 atom stereocenters. The van der Waals surface area contributed by atoms with Crippen molar-refractivity contribution in [2.75, 3.05) is 6.61 Å². The smallest absolute Gasteiger partial charge is 0.232 e. The summed E-state index contributed by atoms with van der Waals surface area (Å²) in [7, 11) is 0. The molecule has 0 aromatic carbocycles. The minimum atomic E-state index is 0.702. The lowest BCUT2D eigenvalue weighted by Crippen LogP contribution is -1.94. The molecule has 0 spiro atoms. The molecule has 0 N–H and O–H groups in total. The number of pyridine rings is 1. The topological polar surface area (TPSA) is 26.5 Å². The molecule has 3 heteroatoms. The molecule has 0 radical (unpaired) electrons. The van der Waals surface area contributed by atoms with Crippen molar-refractivity contribution in [2.24, 2.45) is 0 Å². The van der Waals surface area contributed by atoms with Gasteiger partial charge in [0.15, 0.2) is 0 Å². The number of rotatable bonds is 3. The molecule has 0 saturated carbocycles. The molecule has 0 aliphatic rings. The molecule has 0 bridgehead atoms. The van der Waals surface area contributed by atoms with Gasteiger partial charge in [-0.1, -0.05) is 13.0 Å². The Labute approximate surface area is 77.0 Å². The van der Waals surface area contributed by atoms with E-state index >= 15 is 0 Å². The summed E-state index contributed by atoms with van der Waals surface area (Å²) in [6, 6.07) is 5.89. The third-order valence-corrected chi connectivity index (χ3v) is 1.80. The zero-order valence-corrected chi connectivity index (χ0v) is 7.60. The van der Waals surface area contributed by atoms with Gasteiger partial charge < -0.3 is 9.14 Å². The second-order valence-corrected chi connectivity index (χ2v) is 2.89. The fourth-order valence-corrected chi connectivity index (χ4v) is 1.19. The lowest BCUT2D eigenvalue weighted by atomic mass is 10.5. The standard InChI is InChI=1S/C10H12N2O/c1-2-7-13-10-8-12-6-4-3-5-9(12)11-10/h3-6,8H,2,7H2,1H3. The first-order valence-electron chi connectivity index (χ1n) is 4.46. The molecule has 0 amide bonds. The van der Waals surface area contributed by atoms with Crippen LogP contribution >= 0.6 is 0 Å². The highest BCUT2D eigenvalue weighted by Gasteiger charge is 1.99. The molecule has 68 valence electrons. The summed E-state index contributed by atoms with van der Waals surface area (Å²) in [5, 5.41) is 0. The quantitative estimate of drug-likeness (QED) is 0.716. The molecule has 2 aromatic rings. The molecular formula is C10H12N2O. The normalized spacial score (nSPS) is 10.5. The molecule has 2 rings (SSSR count). The number of hydrogen-bond acceptors (Lipinski definition) is 2. The van der Waals surface area contributed by atoms with Gasteiger partial charge in [0, 0.05) is 6.20 Å². The Morgan fingerprint density at radius 1 is 1.46 bits per heavy atom. The van der Waals surface area contributed by atoms with Gasteiger partial charge in [0.05, 0.1) is 12.8 Å². The summed E-state index contributed by atoms with van der Waals surface area (Å²) >= 11 is 0. The fraction of sp³-hybridized carbons (Fsp3) is 0.300. The summed E-state index contributed by atoms with van der Waals surface area (Å²) in [5.74, 6) is 0.702. The molecule has 2 heterocycles. The van der Waals surface area contributed by atoms with E-state index in [2.05, 4.69) is 11.9 Å². The second kappa shape index (κ2) is 3.47. The minimum absolute atomic E-state index is 0.702. The van der Waals surface area contributed by atoms with Crippen LogP contribution in [0.15, 0.2) is 30.6 Å². The zero-order valence-electron chi connectivity index (χ0n) is 7.60. The van der Waals surface area contributed by atoms with E-state index in [0.29, 0.717) is 5.88 Å². The number of imidazole rings is 1. The zero-order chi connectivity index (χ0) is 9.10. The van der Waals surface area contributed by atoms with Crippen LogP contribution < -0.4 is 4.74 Å². The third kappa shape index (κ3) is 1.64. The van der Waals surface area contributed by atoms with Gasteiger partial charge in [-0.15, -0.1) is 0 Å². The largest absolute Gasteiger partial charge is 0.477 e. The summed E-state index contributed by atoms with van der Waals surface area (Å²) < 4.78 is 7.36. The van der Waals surface area contributed by atoms with Crippen LogP contribution in [0.4, 0.5) is 0 Å². The van der Waals surface area contributed by atoms with Crippen molar-refractivity contribution in [3.63, 3.8) is 0 Å². The molecular weight excluding hydrogens is 164 g/mol. The van der Waals surface area contributed by atoms with Gasteiger partial charge in [-0.25, -0.2) is 0 Å². The predicted octanol–water partition coefficient (Wildman–Crippen LogP) is 2.12. The van der Waals surface area contributed by atoms with E-state index in [1.165, 1.54) is 0 Å². The molecule has 0 aliphatic heterocycles. The predicted molar refractivity (Wildman–Crippen MR) is 51.0 cm³/mol. The summed E-state index contributed by atoms with van der Waals surface area (Å²) in [5.41, 5.74) is 0.925. The van der Waals surface area contributed by atoms with Gasteiger partial charge in [-0.05, 0) is 18.6 Å². The Kier molecular flexibility index (Phi) is 2.17. The van der Waals surface area contributed by atoms with Gasteiger partial charge in [-0.3, -0.25) is 0 Å². The second-order valence-electron chi connectivity index (χ2n) is 2.89. The number of nitrogens with zero attached hydrogens (tertiary/aromatic N) is 2. The minimum Gasteiger partial charge on any atom is -0.477 e. The molecule has 0 unspecified atom stereocenters. The third-order valence-electron chi connectivity index (χ3n) is 1.80. The first kappa shape index (κ1) is 8.10. The SMILES string of the molecule is CCCOc1cn2ccccc2n1. The molecule has 3 nitrogen and oxygen atoms in total. The van der Waals surface area contributed by atoms with Gasteiger partial charge >= 0.3 is 0 Å². The van der Waals surface area contributed by atoms with Crippen LogP contribution in [0.5, 0.6) is 5.88 Å². The van der Waals surface area contributed by atoms with Crippen molar-refractivity contribution < 1.29 is 4.74 Å². The van der Waals surface area contributed by atoms with E-state index in [4.69, 9.17) is 4.74 Å². The molecule has 0 saturated heterocycles. The van der Waals surface area contributed by atoms with Crippen molar-refractivity contribution in [3.05, 3.63) is 30.6 Å². The monoisotopic (exact) mass is 176 g/mol. The van der Waals surface area contributed by atoms with E-state index in [1.54, 1.807) is 0 Å². The summed E-state index contributed by atoms with van der Waals surface area (Å²) in [6.45, 7) is 2.81. The maximum Gasteiger partial charge on any atom is 0.232 e. The Morgan fingerprint density at radius 2 is 2.38 bits per heavy atom. The number of hydrogen-bond donors (Lipinski definition) is 0. The van der Waals surface area contributed by atoms with Crippen molar-refractivity contribution in [3.8, 4) is 5.88 Å². The maximum atomic E-state index is 5.41. The Balaban J connectivity index is 2.28. The Morgan fingerprint density at radius 3 is 3.15 bits per heavy atom. The van der Waals surface area contributed by atoms with Crippen molar-refractivity contribution in [1.29, 1.82) is 0 Å². The van der Waals surface area contributed by atoms with Crippen LogP contribution in [-0.2, 0) is 0 Å². The van der Waals surface area contributed by atoms with Gasteiger partial charge in [0.2, 0.25) is 5.88 Å². The molecule has 0 fully saturated rings. The average Bonchev–Trinajstić information content (AvgIpc) is 2.57. The highest BCUT2D eigenvalue weighted by Crippen LogP contribution is 2.11. The van der Waals surface area contributed by atoms with E-state index in [0.717, 1.165) is 18.7 Å². The molecule has 0 aliphatic carbocycles. The van der Waals surface area contributed by atoms with Crippen molar-refractivity contribution >= 4 is 5.65 Å². The lowest BCUT2D eigenvalue weighted by molar-refractivity contribution is 0.307. The number of ether oxygens (including phenoxy) is 1. The van der Waals surface area contributed by atoms with Crippen LogP contribution in [0, 0.1) is 0 Å². The van der Waals surface area contributed by atoms with Gasteiger partial charge in [0.1, 0.15) is 5.65 Å². The van der Waals surface area contributed by atoms with Crippen LogP contribution in [0.1, 0.15) is 13.3 Å². The Bertz CT molecular complexity index is 361. The van der Waals surface area contributed by atoms with Crippen LogP contribution in [0.25, 0.3) is 5.65 Å². The first-order valence-corrected chi connectivity index (χ1v) is 4.46. The van der Waals surface area contributed by atoms with E-state index < -0.39 is 0 Å². The van der Waals surface area contributed by atoms with Gasteiger partial charge in [-0.2, -0.15) is 4.98 Å². The summed E-state index contributed by atoms with van der Waals surface area (Å²) in [6.07, 6.45) is 4.86. The highest BCUT2D eigenvalue weighted by molar-refractivity contribution is 5.40. The van der Waals surface area contributed by atoms with Crippen LogP contribution in [-0.4, -0.2) is 16.0 Å². The van der Waals surface area contributed by atoms with Crippen molar-refractivity contribution in [1.82, 2.24) is 9.38 Å². The molecule has 2 aromatic heterocycles. The van der Waals surface area contributed by atoms with E-state index in [1.807, 2.05) is 35.0 Å². The maximum absolute atomic E-state index is 5.41. The lowest BCUT2D eigenvalue weighted by Gasteiger charge is -1.96. The van der Waals surface area contributed by atoms with E-state index in [-0.39, 0.29) is 0 Å².